The van der Waals surface area contributed by atoms with Crippen LogP contribution in [-0.2, 0) is 4.79 Å². The normalized spacial score (nSPS) is 18.7. The molecule has 0 aliphatic carbocycles. The van der Waals surface area contributed by atoms with Gasteiger partial charge in [0.25, 0.3) is 0 Å². The van der Waals surface area contributed by atoms with Gasteiger partial charge in [0.1, 0.15) is 0 Å². The molecule has 6 heteroatoms. The number of rotatable bonds is 3. The average molecular weight is 289 g/mol. The Hall–Kier alpha value is -0.970. The van der Waals surface area contributed by atoms with Crippen LogP contribution in [0.2, 0.25) is 10.0 Å². The maximum Gasteiger partial charge on any atom is 0.241 e. The van der Waals surface area contributed by atoms with Gasteiger partial charge in [0.05, 0.1) is 23.2 Å². The first-order chi connectivity index (χ1) is 8.61. The number of hydrogen-bond donors (Lipinski definition) is 2. The predicted octanol–water partition coefficient (Wildman–Crippen LogP) is 2.69. The second-order valence-electron chi connectivity index (χ2n) is 4.11. The van der Waals surface area contributed by atoms with Gasteiger partial charge in [-0.1, -0.05) is 23.2 Å². The minimum Gasteiger partial charge on any atom is -0.494 e. The molecule has 1 unspecified atom stereocenters. The third-order valence-corrected chi connectivity index (χ3v) is 3.41. The van der Waals surface area contributed by atoms with Gasteiger partial charge in [-0.3, -0.25) is 4.79 Å². The van der Waals surface area contributed by atoms with Gasteiger partial charge in [-0.15, -0.1) is 0 Å². The number of hydrogen-bond acceptors (Lipinski definition) is 3. The lowest BCUT2D eigenvalue weighted by atomic mass is 10.2. The Morgan fingerprint density at radius 3 is 2.61 bits per heavy atom. The number of anilines is 1. The van der Waals surface area contributed by atoms with Crippen molar-refractivity contribution >= 4 is 34.8 Å². The third kappa shape index (κ3) is 2.88. The Labute approximate surface area is 116 Å². The number of nitrogens with one attached hydrogen (secondary N) is 2. The fourth-order valence-electron chi connectivity index (χ4n) is 1.96. The summed E-state index contributed by atoms with van der Waals surface area (Å²) in [7, 11) is 1.49. The lowest BCUT2D eigenvalue weighted by Crippen LogP contribution is -2.35. The van der Waals surface area contributed by atoms with Gasteiger partial charge >= 0.3 is 0 Å². The Bertz CT molecular complexity index is 436. The van der Waals surface area contributed by atoms with Gasteiger partial charge < -0.3 is 15.4 Å². The van der Waals surface area contributed by atoms with E-state index in [1.54, 1.807) is 12.1 Å². The molecule has 0 bridgehead atoms. The molecule has 0 radical (unpaired) electrons. The summed E-state index contributed by atoms with van der Waals surface area (Å²) in [5.74, 6) is 0.347. The van der Waals surface area contributed by atoms with Crippen molar-refractivity contribution in [3.8, 4) is 5.75 Å². The average Bonchev–Trinajstić information content (AvgIpc) is 2.81. The zero-order chi connectivity index (χ0) is 13.1. The molecule has 1 heterocycles. The van der Waals surface area contributed by atoms with E-state index in [9.17, 15) is 4.79 Å². The summed E-state index contributed by atoms with van der Waals surface area (Å²) in [5.41, 5.74) is 0.574. The van der Waals surface area contributed by atoms with E-state index >= 15 is 0 Å². The highest BCUT2D eigenvalue weighted by Crippen LogP contribution is 2.35. The molecule has 1 aliphatic heterocycles. The van der Waals surface area contributed by atoms with E-state index < -0.39 is 0 Å². The van der Waals surface area contributed by atoms with Gasteiger partial charge in [-0.25, -0.2) is 0 Å². The van der Waals surface area contributed by atoms with E-state index in [1.165, 1.54) is 7.11 Å². The van der Waals surface area contributed by atoms with Crippen LogP contribution >= 0.6 is 23.2 Å². The van der Waals surface area contributed by atoms with Crippen molar-refractivity contribution in [2.24, 2.45) is 0 Å². The minimum atomic E-state index is -0.135. The fraction of sp³-hybridized carbons (Fsp3) is 0.417. The van der Waals surface area contributed by atoms with Gasteiger partial charge in [-0.2, -0.15) is 0 Å². The third-order valence-electron chi connectivity index (χ3n) is 2.85. The molecule has 1 atom stereocenters. The van der Waals surface area contributed by atoms with Crippen LogP contribution in [0.25, 0.3) is 0 Å². The molecule has 1 amide bonds. The van der Waals surface area contributed by atoms with Crippen LogP contribution in [-0.4, -0.2) is 25.6 Å². The number of ether oxygens (including phenoxy) is 1. The highest BCUT2D eigenvalue weighted by atomic mass is 35.5. The van der Waals surface area contributed by atoms with E-state index in [0.717, 1.165) is 19.4 Å². The molecule has 0 saturated carbocycles. The molecular formula is C12H14Cl2N2O2. The predicted molar refractivity (Wildman–Crippen MR) is 72.7 cm³/mol. The second kappa shape index (κ2) is 5.78. The number of carbonyl (C=O) groups excluding carboxylic acids is 1. The molecule has 2 N–H and O–H groups in total. The van der Waals surface area contributed by atoms with Crippen molar-refractivity contribution in [1.29, 1.82) is 0 Å². The van der Waals surface area contributed by atoms with Crippen molar-refractivity contribution in [1.82, 2.24) is 5.32 Å². The molecule has 1 aromatic rings. The maximum absolute atomic E-state index is 11.9. The van der Waals surface area contributed by atoms with Crippen LogP contribution in [0.4, 0.5) is 5.69 Å². The van der Waals surface area contributed by atoms with Gasteiger partial charge in [0, 0.05) is 5.69 Å². The SMILES string of the molecule is COc1c(Cl)cc(NC(=O)C2CCCN2)cc1Cl. The van der Waals surface area contributed by atoms with E-state index in [2.05, 4.69) is 10.6 Å². The molecule has 2 rings (SSSR count). The van der Waals surface area contributed by atoms with Crippen LogP contribution in [0.1, 0.15) is 12.8 Å². The summed E-state index contributed by atoms with van der Waals surface area (Å²) in [4.78, 5) is 11.9. The largest absolute Gasteiger partial charge is 0.494 e. The standard InChI is InChI=1S/C12H14Cl2N2O2/c1-18-11-8(13)5-7(6-9(11)14)16-12(17)10-3-2-4-15-10/h5-6,10,15H,2-4H2,1H3,(H,16,17). The highest BCUT2D eigenvalue weighted by Gasteiger charge is 2.22. The van der Waals surface area contributed by atoms with Crippen LogP contribution in [0.15, 0.2) is 12.1 Å². The Kier molecular flexibility index (Phi) is 4.32. The summed E-state index contributed by atoms with van der Waals surface area (Å²) in [6, 6.07) is 3.11. The van der Waals surface area contributed by atoms with Crippen molar-refractivity contribution in [3.05, 3.63) is 22.2 Å². The number of methoxy groups -OCH3 is 1. The number of halogens is 2. The molecule has 1 aromatic carbocycles. The monoisotopic (exact) mass is 288 g/mol. The summed E-state index contributed by atoms with van der Waals surface area (Å²) >= 11 is 12.0. The second-order valence-corrected chi connectivity index (χ2v) is 4.93. The summed E-state index contributed by atoms with van der Waals surface area (Å²) in [6.45, 7) is 0.877. The topological polar surface area (TPSA) is 50.4 Å². The van der Waals surface area contributed by atoms with E-state index in [-0.39, 0.29) is 11.9 Å². The van der Waals surface area contributed by atoms with Gasteiger partial charge in [0.2, 0.25) is 5.91 Å². The van der Waals surface area contributed by atoms with Crippen molar-refractivity contribution in [2.75, 3.05) is 19.0 Å². The molecular weight excluding hydrogens is 275 g/mol. The smallest absolute Gasteiger partial charge is 0.241 e. The van der Waals surface area contributed by atoms with Gasteiger partial charge in [0.15, 0.2) is 5.75 Å². The first-order valence-corrected chi connectivity index (χ1v) is 6.44. The lowest BCUT2D eigenvalue weighted by molar-refractivity contribution is -0.117. The lowest BCUT2D eigenvalue weighted by Gasteiger charge is -2.13. The van der Waals surface area contributed by atoms with Crippen LogP contribution in [0.5, 0.6) is 5.75 Å². The molecule has 1 aliphatic rings. The molecule has 0 spiro atoms. The van der Waals surface area contributed by atoms with E-state index in [0.29, 0.717) is 21.5 Å². The van der Waals surface area contributed by atoms with E-state index in [1.807, 2.05) is 0 Å². The number of carbonyl (C=O) groups is 1. The molecule has 0 aromatic heterocycles. The minimum absolute atomic E-state index is 0.0650. The van der Waals surface area contributed by atoms with Crippen molar-refractivity contribution < 1.29 is 9.53 Å². The molecule has 1 fully saturated rings. The summed E-state index contributed by atoms with van der Waals surface area (Å²) < 4.78 is 5.05. The molecule has 1 saturated heterocycles. The van der Waals surface area contributed by atoms with Crippen LogP contribution < -0.4 is 15.4 Å². The molecule has 98 valence electrons. The summed E-state index contributed by atoms with van der Waals surface area (Å²) in [6.07, 6.45) is 1.87. The quantitative estimate of drug-likeness (QED) is 0.899. The fourth-order valence-corrected chi connectivity index (χ4v) is 2.61. The number of benzene rings is 1. The zero-order valence-corrected chi connectivity index (χ0v) is 11.4. The summed E-state index contributed by atoms with van der Waals surface area (Å²) in [5, 5.41) is 6.67. The van der Waals surface area contributed by atoms with Crippen LogP contribution in [0, 0.1) is 0 Å². The Balaban J connectivity index is 2.12. The zero-order valence-electron chi connectivity index (χ0n) is 9.93. The Morgan fingerprint density at radius 1 is 1.44 bits per heavy atom. The highest BCUT2D eigenvalue weighted by molar-refractivity contribution is 6.37. The number of amides is 1. The Morgan fingerprint density at radius 2 is 2.11 bits per heavy atom. The maximum atomic E-state index is 11.9. The van der Waals surface area contributed by atoms with Gasteiger partial charge in [-0.05, 0) is 31.5 Å². The first-order valence-electron chi connectivity index (χ1n) is 5.69. The first kappa shape index (κ1) is 13.5. The van der Waals surface area contributed by atoms with Crippen molar-refractivity contribution in [3.63, 3.8) is 0 Å². The molecule has 4 nitrogen and oxygen atoms in total. The van der Waals surface area contributed by atoms with Crippen LogP contribution in [0.3, 0.4) is 0 Å². The van der Waals surface area contributed by atoms with E-state index in [4.69, 9.17) is 27.9 Å². The molecule has 18 heavy (non-hydrogen) atoms. The van der Waals surface area contributed by atoms with Crippen molar-refractivity contribution in [2.45, 2.75) is 18.9 Å².